The van der Waals surface area contributed by atoms with Crippen LogP contribution < -0.4 is 5.11 Å². The predicted molar refractivity (Wildman–Crippen MR) is 194 cm³/mol. The van der Waals surface area contributed by atoms with E-state index in [-0.39, 0.29) is 42.7 Å². The van der Waals surface area contributed by atoms with Crippen molar-refractivity contribution < 1.29 is 38.2 Å². The third-order valence-corrected chi connectivity index (χ3v) is 8.07. The van der Waals surface area contributed by atoms with Crippen molar-refractivity contribution in [2.45, 2.75) is 148 Å². The number of esters is 2. The molecule has 0 radical (unpaired) electrons. The number of carbonyl (C=O) groups excluding carboxylic acids is 3. The van der Waals surface area contributed by atoms with Crippen LogP contribution in [0.2, 0.25) is 0 Å². The minimum Gasteiger partial charge on any atom is -0.544 e. The van der Waals surface area contributed by atoms with E-state index < -0.39 is 18.1 Å². The molecule has 276 valence electrons. The summed E-state index contributed by atoms with van der Waals surface area (Å²) in [5, 5.41) is 11.6. The number of nitrogens with zero attached hydrogens (tertiary/aromatic N) is 1. The van der Waals surface area contributed by atoms with Gasteiger partial charge in [0.05, 0.1) is 40.3 Å². The second-order valence-corrected chi connectivity index (χ2v) is 13.5. The van der Waals surface area contributed by atoms with Gasteiger partial charge in [-0.15, -0.1) is 0 Å². The molecule has 0 rings (SSSR count). The van der Waals surface area contributed by atoms with E-state index in [0.717, 1.165) is 51.4 Å². The second-order valence-electron chi connectivity index (χ2n) is 13.5. The summed E-state index contributed by atoms with van der Waals surface area (Å²) in [4.78, 5) is 36.6. The van der Waals surface area contributed by atoms with Crippen molar-refractivity contribution in [3.05, 3.63) is 48.6 Å². The molecule has 0 aromatic rings. The Hall–Kier alpha value is -2.71. The van der Waals surface area contributed by atoms with E-state index in [1.54, 1.807) is 21.1 Å². The van der Waals surface area contributed by atoms with Crippen LogP contribution >= 0.6 is 0 Å². The molecule has 0 saturated carbocycles. The van der Waals surface area contributed by atoms with Crippen molar-refractivity contribution in [3.8, 4) is 0 Å². The first-order chi connectivity index (χ1) is 23.1. The van der Waals surface area contributed by atoms with Crippen molar-refractivity contribution in [1.29, 1.82) is 0 Å². The Morgan fingerprint density at radius 1 is 0.646 bits per heavy atom. The highest BCUT2D eigenvalue weighted by molar-refractivity contribution is 5.70. The largest absolute Gasteiger partial charge is 0.544 e. The Labute approximate surface area is 293 Å². The molecule has 0 aromatic carbocycles. The number of hydrogen-bond acceptors (Lipinski definition) is 7. The van der Waals surface area contributed by atoms with Crippen LogP contribution in [-0.4, -0.2) is 75.5 Å². The van der Waals surface area contributed by atoms with E-state index in [2.05, 4.69) is 26.0 Å². The van der Waals surface area contributed by atoms with Gasteiger partial charge in [0.2, 0.25) is 0 Å². The number of carboxylic acids is 1. The second kappa shape index (κ2) is 31.6. The molecule has 8 heteroatoms. The predicted octanol–water partition coefficient (Wildman–Crippen LogP) is 7.96. The van der Waals surface area contributed by atoms with Gasteiger partial charge in [-0.3, -0.25) is 9.59 Å². The van der Waals surface area contributed by atoms with Crippen LogP contribution in [0.15, 0.2) is 48.6 Å². The monoisotopic (exact) mass is 676 g/mol. The van der Waals surface area contributed by atoms with Crippen molar-refractivity contribution in [1.82, 2.24) is 0 Å². The molecule has 0 aliphatic heterocycles. The molecular weight excluding hydrogens is 606 g/mol. The summed E-state index contributed by atoms with van der Waals surface area (Å²) in [5.41, 5.74) is 0. The number of carboxylic acid groups (broad SMARTS) is 1. The summed E-state index contributed by atoms with van der Waals surface area (Å²) in [6.07, 6.45) is 34.2. The van der Waals surface area contributed by atoms with Gasteiger partial charge in [0, 0.05) is 19.3 Å². The molecule has 0 N–H and O–H groups in total. The number of rotatable bonds is 32. The van der Waals surface area contributed by atoms with E-state index in [1.807, 2.05) is 36.5 Å². The van der Waals surface area contributed by atoms with Gasteiger partial charge in [-0.2, -0.15) is 0 Å². The average molecular weight is 676 g/mol. The number of quaternary nitrogens is 1. The van der Waals surface area contributed by atoms with E-state index in [4.69, 9.17) is 14.2 Å². The maximum atomic E-state index is 12.6. The van der Waals surface area contributed by atoms with Crippen molar-refractivity contribution in [2.24, 2.45) is 0 Å². The normalized spacial score (nSPS) is 13.6. The molecule has 0 saturated heterocycles. The lowest BCUT2D eigenvalue weighted by Gasteiger charge is -2.34. The lowest BCUT2D eigenvalue weighted by atomic mass is 10.1. The molecule has 0 spiro atoms. The summed E-state index contributed by atoms with van der Waals surface area (Å²) >= 11 is 0. The first-order valence-corrected chi connectivity index (χ1v) is 18.7. The third kappa shape index (κ3) is 29.4. The summed E-state index contributed by atoms with van der Waals surface area (Å²) < 4.78 is 17.0. The van der Waals surface area contributed by atoms with Crippen molar-refractivity contribution in [2.75, 3.05) is 41.0 Å². The Morgan fingerprint density at radius 2 is 1.17 bits per heavy atom. The highest BCUT2D eigenvalue weighted by Crippen LogP contribution is 2.13. The SMILES string of the molecule is CC/C=C/C=C/C=C/C=C/CCCCCC(=O)OCC(COCCC(C(=O)[O-])[N+](C)(C)C)OC(=O)CCCCCCCCCCCCC. The van der Waals surface area contributed by atoms with Gasteiger partial charge in [0.15, 0.2) is 6.10 Å². The maximum Gasteiger partial charge on any atom is 0.306 e. The molecule has 0 fully saturated rings. The molecule has 0 aliphatic rings. The number of allylic oxidation sites excluding steroid dienone is 8. The van der Waals surface area contributed by atoms with Gasteiger partial charge < -0.3 is 28.6 Å². The summed E-state index contributed by atoms with van der Waals surface area (Å²) in [6, 6.07) is -0.730. The maximum absolute atomic E-state index is 12.6. The minimum atomic E-state index is -1.13. The van der Waals surface area contributed by atoms with E-state index in [0.29, 0.717) is 12.8 Å². The lowest BCUT2D eigenvalue weighted by molar-refractivity contribution is -0.889. The number of carbonyl (C=O) groups is 3. The van der Waals surface area contributed by atoms with Crippen molar-refractivity contribution >= 4 is 17.9 Å². The third-order valence-electron chi connectivity index (χ3n) is 8.07. The number of unbranched alkanes of at least 4 members (excludes halogenated alkanes) is 13. The van der Waals surface area contributed by atoms with Gasteiger partial charge >= 0.3 is 11.9 Å². The fourth-order valence-electron chi connectivity index (χ4n) is 5.14. The molecule has 2 unspecified atom stereocenters. The Kier molecular flexibility index (Phi) is 29.8. The first-order valence-electron chi connectivity index (χ1n) is 18.7. The molecule has 48 heavy (non-hydrogen) atoms. The van der Waals surface area contributed by atoms with Gasteiger partial charge in [-0.25, -0.2) is 0 Å². The lowest BCUT2D eigenvalue weighted by Crippen LogP contribution is -2.55. The zero-order valence-corrected chi connectivity index (χ0v) is 31.1. The number of aliphatic carboxylic acids is 1. The van der Waals surface area contributed by atoms with Crippen LogP contribution in [0.25, 0.3) is 0 Å². The molecule has 0 amide bonds. The molecular formula is C40H69NO7. The van der Waals surface area contributed by atoms with E-state index in [9.17, 15) is 19.5 Å². The smallest absolute Gasteiger partial charge is 0.306 e. The van der Waals surface area contributed by atoms with Crippen LogP contribution in [-0.2, 0) is 28.6 Å². The fraction of sp³-hybridized carbons (Fsp3) is 0.725. The highest BCUT2D eigenvalue weighted by Gasteiger charge is 2.25. The standard InChI is InChI=1S/C40H69NO7/c1-6-8-10-12-14-16-18-19-21-22-24-26-28-30-38(42)47-35-36(34-46-33-32-37(40(44)45)41(3,4)5)48-39(43)31-29-27-25-23-20-17-15-13-11-9-7-2/h8,10,12,14,16,18-19,21,36-37H,6-7,9,11,13,15,17,20,22-35H2,1-5H3/b10-8+,14-12+,18-16+,21-19+. The number of hydrogen-bond donors (Lipinski definition) is 0. The Bertz CT molecular complexity index is 932. The van der Waals surface area contributed by atoms with Crippen LogP contribution in [0.3, 0.4) is 0 Å². The Morgan fingerprint density at radius 3 is 1.73 bits per heavy atom. The zero-order valence-electron chi connectivity index (χ0n) is 31.1. The summed E-state index contributed by atoms with van der Waals surface area (Å²) in [5.74, 6) is -1.79. The first kappa shape index (κ1) is 45.3. The zero-order chi connectivity index (χ0) is 35.7. The molecule has 0 bridgehead atoms. The van der Waals surface area contributed by atoms with Crippen LogP contribution in [0.1, 0.15) is 136 Å². The summed E-state index contributed by atoms with van der Waals surface area (Å²) in [7, 11) is 5.38. The number of ether oxygens (including phenoxy) is 3. The number of likely N-dealkylation sites (N-methyl/N-ethyl adjacent to an activating group) is 1. The van der Waals surface area contributed by atoms with Gasteiger partial charge in [-0.1, -0.05) is 133 Å². The summed E-state index contributed by atoms with van der Waals surface area (Å²) in [6.45, 7) is 4.44. The molecule has 8 nitrogen and oxygen atoms in total. The average Bonchev–Trinajstić information content (AvgIpc) is 3.03. The molecule has 0 aromatic heterocycles. The molecule has 0 aliphatic carbocycles. The van der Waals surface area contributed by atoms with Crippen LogP contribution in [0.5, 0.6) is 0 Å². The van der Waals surface area contributed by atoms with E-state index in [1.165, 1.54) is 51.4 Å². The fourth-order valence-corrected chi connectivity index (χ4v) is 5.14. The van der Waals surface area contributed by atoms with E-state index >= 15 is 0 Å². The molecule has 2 atom stereocenters. The van der Waals surface area contributed by atoms with Crippen LogP contribution in [0.4, 0.5) is 0 Å². The minimum absolute atomic E-state index is 0.0280. The highest BCUT2D eigenvalue weighted by atomic mass is 16.6. The van der Waals surface area contributed by atoms with Gasteiger partial charge in [0.1, 0.15) is 12.6 Å². The quantitative estimate of drug-likeness (QED) is 0.0309. The Balaban J connectivity index is 4.51. The topological polar surface area (TPSA) is 102 Å². The van der Waals surface area contributed by atoms with Gasteiger partial charge in [0.25, 0.3) is 0 Å². The van der Waals surface area contributed by atoms with Crippen LogP contribution in [0, 0.1) is 0 Å². The molecule has 0 heterocycles. The van der Waals surface area contributed by atoms with Gasteiger partial charge in [-0.05, 0) is 32.1 Å². The van der Waals surface area contributed by atoms with Crippen molar-refractivity contribution in [3.63, 3.8) is 0 Å².